The molecule has 1 saturated heterocycles. The lowest BCUT2D eigenvalue weighted by molar-refractivity contribution is -0.142. The van der Waals surface area contributed by atoms with E-state index in [1.165, 1.54) is 0 Å². The van der Waals surface area contributed by atoms with E-state index in [9.17, 15) is 24.3 Å². The van der Waals surface area contributed by atoms with Crippen LogP contribution in [0.5, 0.6) is 0 Å². The topological polar surface area (TPSA) is 137 Å². The molecule has 1 aliphatic rings. The van der Waals surface area contributed by atoms with Crippen molar-refractivity contribution in [2.24, 2.45) is 5.92 Å². The second kappa shape index (κ2) is 16.5. The molecule has 3 amide bonds. The van der Waals surface area contributed by atoms with Crippen LogP contribution in [0.4, 0.5) is 0 Å². The van der Waals surface area contributed by atoms with Crippen molar-refractivity contribution in [3.05, 3.63) is 71.8 Å². The largest absolute Gasteiger partial charge is 0.480 e. The van der Waals surface area contributed by atoms with Crippen molar-refractivity contribution in [2.45, 2.75) is 57.7 Å². The average molecular weight is 567 g/mol. The molecule has 0 aliphatic carbocycles. The summed E-state index contributed by atoms with van der Waals surface area (Å²) in [6.07, 6.45) is 1.31. The quantitative estimate of drug-likeness (QED) is 0.258. The molecule has 2 aromatic carbocycles. The molecule has 10 nitrogen and oxygen atoms in total. The van der Waals surface area contributed by atoms with Crippen molar-refractivity contribution in [3.8, 4) is 0 Å². The summed E-state index contributed by atoms with van der Waals surface area (Å²) in [7, 11) is 0. The van der Waals surface area contributed by atoms with Gasteiger partial charge in [-0.3, -0.25) is 19.3 Å². The fourth-order valence-electron chi connectivity index (χ4n) is 4.72. The minimum Gasteiger partial charge on any atom is -0.480 e. The third-order valence-corrected chi connectivity index (χ3v) is 6.92. The molecule has 0 aromatic heterocycles. The number of aliphatic carboxylic acids is 1. The van der Waals surface area contributed by atoms with Crippen LogP contribution in [0.1, 0.15) is 37.8 Å². The van der Waals surface area contributed by atoms with Gasteiger partial charge in [0.05, 0.1) is 19.8 Å². The zero-order valence-corrected chi connectivity index (χ0v) is 23.9. The summed E-state index contributed by atoms with van der Waals surface area (Å²) in [6, 6.07) is 15.7. The molecule has 2 aromatic rings. The van der Waals surface area contributed by atoms with Gasteiger partial charge in [0, 0.05) is 19.5 Å². The van der Waals surface area contributed by atoms with Crippen molar-refractivity contribution in [1.82, 2.24) is 20.9 Å². The number of nitrogens with zero attached hydrogens (tertiary/aromatic N) is 1. The Labute approximate surface area is 241 Å². The van der Waals surface area contributed by atoms with E-state index in [0.29, 0.717) is 45.6 Å². The third kappa shape index (κ3) is 11.3. The predicted molar refractivity (Wildman–Crippen MR) is 155 cm³/mol. The maximum Gasteiger partial charge on any atom is 0.326 e. The van der Waals surface area contributed by atoms with Gasteiger partial charge in [-0.1, -0.05) is 74.5 Å². The van der Waals surface area contributed by atoms with Crippen molar-refractivity contribution >= 4 is 23.7 Å². The number of carbonyl (C=O) groups is 4. The van der Waals surface area contributed by atoms with Gasteiger partial charge in [-0.2, -0.15) is 0 Å². The minimum absolute atomic E-state index is 0.0436. The van der Waals surface area contributed by atoms with Crippen LogP contribution in [-0.2, 0) is 36.8 Å². The van der Waals surface area contributed by atoms with Gasteiger partial charge < -0.3 is 25.8 Å². The molecule has 10 heteroatoms. The Hall–Kier alpha value is -3.76. The number of carboxylic acid groups (broad SMARTS) is 1. The number of nitrogens with one attached hydrogen (secondary N) is 3. The summed E-state index contributed by atoms with van der Waals surface area (Å²) < 4.78 is 5.35. The maximum absolute atomic E-state index is 13.5. The van der Waals surface area contributed by atoms with E-state index in [1.807, 2.05) is 55.1 Å². The molecule has 1 heterocycles. The molecule has 41 heavy (non-hydrogen) atoms. The van der Waals surface area contributed by atoms with Crippen LogP contribution in [0.25, 0.3) is 0 Å². The van der Waals surface area contributed by atoms with Crippen LogP contribution < -0.4 is 16.0 Å². The van der Waals surface area contributed by atoms with Gasteiger partial charge in [0.15, 0.2) is 0 Å². The first-order chi connectivity index (χ1) is 19.7. The highest BCUT2D eigenvalue weighted by Crippen LogP contribution is 2.11. The Morgan fingerprint density at radius 3 is 1.95 bits per heavy atom. The molecular weight excluding hydrogens is 524 g/mol. The number of hydrogen-bond acceptors (Lipinski definition) is 6. The monoisotopic (exact) mass is 566 g/mol. The highest BCUT2D eigenvalue weighted by Gasteiger charge is 2.30. The molecule has 0 bridgehead atoms. The molecule has 4 N–H and O–H groups in total. The normalized spacial score (nSPS) is 15.9. The summed E-state index contributed by atoms with van der Waals surface area (Å²) >= 11 is 0. The molecule has 1 aliphatic heterocycles. The molecule has 222 valence electrons. The number of aryl methyl sites for hydroxylation is 1. The predicted octanol–water partition coefficient (Wildman–Crippen LogP) is 1.78. The first-order valence-electron chi connectivity index (χ1n) is 14.2. The number of carboxylic acids is 1. The number of ether oxygens (including phenoxy) is 1. The summed E-state index contributed by atoms with van der Waals surface area (Å²) in [6.45, 7) is 6.37. The van der Waals surface area contributed by atoms with E-state index >= 15 is 0 Å². The Kier molecular flexibility index (Phi) is 12.8. The Balaban J connectivity index is 1.70. The van der Waals surface area contributed by atoms with E-state index in [2.05, 4.69) is 16.0 Å². The highest BCUT2D eigenvalue weighted by atomic mass is 16.5. The molecule has 0 radical (unpaired) electrons. The van der Waals surface area contributed by atoms with E-state index in [-0.39, 0.29) is 24.8 Å². The van der Waals surface area contributed by atoms with Crippen LogP contribution in [0, 0.1) is 5.92 Å². The average Bonchev–Trinajstić information content (AvgIpc) is 2.95. The first kappa shape index (κ1) is 31.8. The Bertz CT molecular complexity index is 1120. The van der Waals surface area contributed by atoms with Crippen LogP contribution in [0.15, 0.2) is 60.7 Å². The van der Waals surface area contributed by atoms with Crippen LogP contribution in [-0.4, -0.2) is 84.7 Å². The standard InChI is InChI=1S/C31H42N4O6/c1-22(2)19-26(30(38)34-27(31(39)40)20-24-11-7-4-8-12-24)33-29(37)25(14-13-23-9-5-3-6-10-23)32-28(36)21-35-15-17-41-18-16-35/h3-12,22,25-27H,13-21H2,1-2H3,(H,32,36)(H,33,37)(H,34,38)(H,39,40)/t25-,26+,27+/m0/s1. The third-order valence-electron chi connectivity index (χ3n) is 6.92. The second-order valence-electron chi connectivity index (χ2n) is 10.8. The van der Waals surface area contributed by atoms with E-state index in [4.69, 9.17) is 4.74 Å². The van der Waals surface area contributed by atoms with Gasteiger partial charge in [-0.25, -0.2) is 4.79 Å². The number of morpholine rings is 1. The summed E-state index contributed by atoms with van der Waals surface area (Å²) in [5, 5.41) is 18.1. The summed E-state index contributed by atoms with van der Waals surface area (Å²) in [5.41, 5.74) is 1.79. The lowest BCUT2D eigenvalue weighted by Crippen LogP contribution is -2.57. The molecule has 0 spiro atoms. The van der Waals surface area contributed by atoms with Gasteiger partial charge in [-0.15, -0.1) is 0 Å². The molecular formula is C31H42N4O6. The fraction of sp³-hybridized carbons (Fsp3) is 0.484. The van der Waals surface area contributed by atoms with E-state index < -0.39 is 35.9 Å². The van der Waals surface area contributed by atoms with Gasteiger partial charge in [0.2, 0.25) is 17.7 Å². The zero-order chi connectivity index (χ0) is 29.6. The lowest BCUT2D eigenvalue weighted by Gasteiger charge is -2.28. The molecule has 3 atom stereocenters. The van der Waals surface area contributed by atoms with Crippen molar-refractivity contribution < 1.29 is 29.0 Å². The van der Waals surface area contributed by atoms with Crippen molar-refractivity contribution in [1.29, 1.82) is 0 Å². The molecule has 1 fully saturated rings. The summed E-state index contributed by atoms with van der Waals surface area (Å²) in [5.74, 6) is -2.45. The second-order valence-corrected chi connectivity index (χ2v) is 10.8. The SMILES string of the molecule is CC(C)C[C@@H](NC(=O)[C@H](CCc1ccccc1)NC(=O)CN1CCOCC1)C(=O)N[C@H](Cc1ccccc1)C(=O)O. The molecule has 0 saturated carbocycles. The van der Waals surface area contributed by atoms with Crippen LogP contribution >= 0.6 is 0 Å². The van der Waals surface area contributed by atoms with Gasteiger partial charge in [0.25, 0.3) is 0 Å². The Morgan fingerprint density at radius 1 is 0.805 bits per heavy atom. The van der Waals surface area contributed by atoms with Crippen molar-refractivity contribution in [2.75, 3.05) is 32.8 Å². The maximum atomic E-state index is 13.5. The van der Waals surface area contributed by atoms with E-state index in [1.54, 1.807) is 24.3 Å². The van der Waals surface area contributed by atoms with E-state index in [0.717, 1.165) is 11.1 Å². The molecule has 0 unspecified atom stereocenters. The Morgan fingerprint density at radius 2 is 1.37 bits per heavy atom. The summed E-state index contributed by atoms with van der Waals surface area (Å²) in [4.78, 5) is 53.7. The van der Waals surface area contributed by atoms with Gasteiger partial charge >= 0.3 is 5.97 Å². The number of amides is 3. The zero-order valence-electron chi connectivity index (χ0n) is 23.9. The number of rotatable bonds is 15. The first-order valence-corrected chi connectivity index (χ1v) is 14.2. The smallest absolute Gasteiger partial charge is 0.326 e. The molecule has 3 rings (SSSR count). The van der Waals surface area contributed by atoms with Gasteiger partial charge in [0.1, 0.15) is 18.1 Å². The minimum atomic E-state index is -1.16. The van der Waals surface area contributed by atoms with Gasteiger partial charge in [-0.05, 0) is 36.3 Å². The fourth-order valence-corrected chi connectivity index (χ4v) is 4.72. The number of benzene rings is 2. The number of hydrogen-bond donors (Lipinski definition) is 4. The lowest BCUT2D eigenvalue weighted by atomic mass is 10.00. The van der Waals surface area contributed by atoms with Crippen molar-refractivity contribution in [3.63, 3.8) is 0 Å². The highest BCUT2D eigenvalue weighted by molar-refractivity contribution is 5.93. The van der Waals surface area contributed by atoms with Crippen LogP contribution in [0.2, 0.25) is 0 Å². The van der Waals surface area contributed by atoms with Crippen LogP contribution in [0.3, 0.4) is 0 Å². The number of carbonyl (C=O) groups excluding carboxylic acids is 3.